The van der Waals surface area contributed by atoms with Crippen molar-refractivity contribution >= 4 is 35.1 Å². The Kier molecular flexibility index (Phi) is 5.53. The van der Waals surface area contributed by atoms with Crippen molar-refractivity contribution in [1.29, 1.82) is 0 Å². The van der Waals surface area contributed by atoms with Gasteiger partial charge in [0.2, 0.25) is 5.91 Å². The smallest absolute Gasteiger partial charge is 0.270 e. The van der Waals surface area contributed by atoms with Crippen molar-refractivity contribution in [3.8, 4) is 0 Å². The van der Waals surface area contributed by atoms with E-state index in [1.165, 1.54) is 0 Å². The van der Waals surface area contributed by atoms with E-state index in [1.54, 1.807) is 0 Å². The molecule has 1 unspecified atom stereocenters. The minimum absolute atomic E-state index is 0. The van der Waals surface area contributed by atoms with Crippen molar-refractivity contribution in [2.75, 3.05) is 39.3 Å². The number of aromatic nitrogens is 1. The lowest BCUT2D eigenvalue weighted by atomic mass is 9.88. The van der Waals surface area contributed by atoms with Crippen LogP contribution in [0.4, 0.5) is 0 Å². The zero-order valence-corrected chi connectivity index (χ0v) is 15.7. The zero-order valence-electron chi connectivity index (χ0n) is 14.9. The number of rotatable bonds is 3. The highest BCUT2D eigenvalue weighted by Gasteiger charge is 2.33. The molecular formula is C19H25ClN4O2. The van der Waals surface area contributed by atoms with E-state index in [0.29, 0.717) is 37.8 Å². The number of nitrogens with one attached hydrogen (secondary N) is 2. The highest BCUT2D eigenvalue weighted by Crippen LogP contribution is 2.20. The number of nitrogens with zero attached hydrogens (tertiary/aromatic N) is 2. The number of H-pyrrole nitrogens is 1. The van der Waals surface area contributed by atoms with Crippen LogP contribution >= 0.6 is 12.4 Å². The average molecular weight is 377 g/mol. The van der Waals surface area contributed by atoms with E-state index in [9.17, 15) is 9.59 Å². The Labute approximate surface area is 159 Å². The molecule has 7 heteroatoms. The number of hydrogen-bond acceptors (Lipinski definition) is 3. The van der Waals surface area contributed by atoms with Crippen molar-refractivity contribution < 1.29 is 9.59 Å². The van der Waals surface area contributed by atoms with Crippen LogP contribution in [0.3, 0.4) is 0 Å². The standard InChI is InChI=1S/C19H24N4O2.ClH/c1-13(15-11-20-12-15)18(24)22-6-8-23(9-7-22)19(25)17-10-14-4-2-3-5-16(14)21-17;/h2-5,10,13,15,20-21H,6-9,11-12H2,1H3;1H. The number of aromatic amines is 1. The lowest BCUT2D eigenvalue weighted by molar-refractivity contribution is -0.138. The summed E-state index contributed by atoms with van der Waals surface area (Å²) in [5.74, 6) is 0.763. The molecule has 4 rings (SSSR count). The second-order valence-electron chi connectivity index (χ2n) is 7.09. The Morgan fingerprint density at radius 2 is 1.73 bits per heavy atom. The molecule has 0 radical (unpaired) electrons. The molecular weight excluding hydrogens is 352 g/mol. The number of hydrogen-bond donors (Lipinski definition) is 2. The molecule has 0 aliphatic carbocycles. The number of carbonyl (C=O) groups is 2. The van der Waals surface area contributed by atoms with Gasteiger partial charge in [0.05, 0.1) is 0 Å². The first-order chi connectivity index (χ1) is 12.1. The summed E-state index contributed by atoms with van der Waals surface area (Å²) in [7, 11) is 0. The molecule has 6 nitrogen and oxygen atoms in total. The number of para-hydroxylation sites is 1. The van der Waals surface area contributed by atoms with Crippen LogP contribution in [0.15, 0.2) is 30.3 Å². The van der Waals surface area contributed by atoms with Crippen molar-refractivity contribution in [1.82, 2.24) is 20.1 Å². The molecule has 2 aromatic rings. The lowest BCUT2D eigenvalue weighted by Gasteiger charge is -2.39. The number of carbonyl (C=O) groups excluding carboxylic acids is 2. The molecule has 1 atom stereocenters. The number of amides is 2. The van der Waals surface area contributed by atoms with Gasteiger partial charge in [0.15, 0.2) is 0 Å². The van der Waals surface area contributed by atoms with Crippen LogP contribution in [0, 0.1) is 11.8 Å². The van der Waals surface area contributed by atoms with Crippen molar-refractivity contribution in [3.05, 3.63) is 36.0 Å². The van der Waals surface area contributed by atoms with Gasteiger partial charge >= 0.3 is 0 Å². The van der Waals surface area contributed by atoms with Gasteiger partial charge < -0.3 is 20.1 Å². The maximum absolute atomic E-state index is 12.7. The van der Waals surface area contributed by atoms with E-state index in [4.69, 9.17) is 0 Å². The SMILES string of the molecule is CC(C(=O)N1CCN(C(=O)c2cc3ccccc3[nH]2)CC1)C1CNC1.Cl. The molecule has 0 bridgehead atoms. The molecule has 2 amide bonds. The summed E-state index contributed by atoms with van der Waals surface area (Å²) in [6, 6.07) is 9.79. The first-order valence-electron chi connectivity index (χ1n) is 9.00. The molecule has 26 heavy (non-hydrogen) atoms. The number of piperazine rings is 1. The molecule has 3 heterocycles. The first-order valence-corrected chi connectivity index (χ1v) is 9.00. The van der Waals surface area contributed by atoms with Crippen molar-refractivity contribution in [2.24, 2.45) is 11.8 Å². The van der Waals surface area contributed by atoms with Gasteiger partial charge in [0.1, 0.15) is 5.69 Å². The van der Waals surface area contributed by atoms with Crippen LogP contribution in [-0.4, -0.2) is 65.9 Å². The third-order valence-electron chi connectivity index (χ3n) is 5.55. The van der Waals surface area contributed by atoms with Gasteiger partial charge in [-0.1, -0.05) is 25.1 Å². The minimum atomic E-state index is 0. The van der Waals surface area contributed by atoms with Gasteiger partial charge in [-0.15, -0.1) is 12.4 Å². The molecule has 2 aliphatic heterocycles. The topological polar surface area (TPSA) is 68.4 Å². The fourth-order valence-corrected chi connectivity index (χ4v) is 3.64. The predicted octanol–water partition coefficient (Wildman–Crippen LogP) is 1.73. The maximum atomic E-state index is 12.7. The fourth-order valence-electron chi connectivity index (χ4n) is 3.64. The zero-order chi connectivity index (χ0) is 17.4. The van der Waals surface area contributed by atoms with E-state index in [1.807, 2.05) is 47.1 Å². The predicted molar refractivity (Wildman–Crippen MR) is 104 cm³/mol. The van der Waals surface area contributed by atoms with Crippen LogP contribution in [0.2, 0.25) is 0 Å². The molecule has 1 aromatic carbocycles. The quantitative estimate of drug-likeness (QED) is 0.857. The molecule has 2 N–H and O–H groups in total. The Balaban J connectivity index is 0.00000196. The summed E-state index contributed by atoms with van der Waals surface area (Å²) in [6.45, 7) is 6.32. The van der Waals surface area contributed by atoms with Crippen molar-refractivity contribution in [3.63, 3.8) is 0 Å². The number of halogens is 1. The second-order valence-corrected chi connectivity index (χ2v) is 7.09. The molecule has 0 saturated carbocycles. The van der Waals surface area contributed by atoms with E-state index < -0.39 is 0 Å². The van der Waals surface area contributed by atoms with Crippen molar-refractivity contribution in [2.45, 2.75) is 6.92 Å². The van der Waals surface area contributed by atoms with E-state index in [0.717, 1.165) is 24.0 Å². The van der Waals surface area contributed by atoms with Crippen LogP contribution < -0.4 is 5.32 Å². The normalized spacial score (nSPS) is 19.0. The first kappa shape index (κ1) is 18.7. The Bertz CT molecular complexity index is 761. The summed E-state index contributed by atoms with van der Waals surface area (Å²) < 4.78 is 0. The van der Waals surface area contributed by atoms with Crippen LogP contribution in [-0.2, 0) is 4.79 Å². The van der Waals surface area contributed by atoms with Gasteiger partial charge in [-0.25, -0.2) is 0 Å². The monoisotopic (exact) mass is 376 g/mol. The molecule has 2 fully saturated rings. The highest BCUT2D eigenvalue weighted by atomic mass is 35.5. The highest BCUT2D eigenvalue weighted by molar-refractivity contribution is 5.98. The van der Waals surface area contributed by atoms with Crippen LogP contribution in [0.25, 0.3) is 10.9 Å². The minimum Gasteiger partial charge on any atom is -0.351 e. The lowest BCUT2D eigenvalue weighted by Crippen LogP contribution is -2.55. The van der Waals surface area contributed by atoms with Gasteiger partial charge in [0, 0.05) is 43.0 Å². The van der Waals surface area contributed by atoms with Crippen LogP contribution in [0.5, 0.6) is 0 Å². The molecule has 0 spiro atoms. The molecule has 1 aromatic heterocycles. The summed E-state index contributed by atoms with van der Waals surface area (Å²) in [5, 5.41) is 4.27. The summed E-state index contributed by atoms with van der Waals surface area (Å²) >= 11 is 0. The summed E-state index contributed by atoms with van der Waals surface area (Å²) in [5.41, 5.74) is 1.59. The Morgan fingerprint density at radius 1 is 1.08 bits per heavy atom. The fraction of sp³-hybridized carbons (Fsp3) is 0.474. The molecule has 2 aliphatic rings. The Hall–Kier alpha value is -2.05. The summed E-state index contributed by atoms with van der Waals surface area (Å²) in [6.07, 6.45) is 0. The summed E-state index contributed by atoms with van der Waals surface area (Å²) in [4.78, 5) is 32.3. The molecule has 140 valence electrons. The third-order valence-corrected chi connectivity index (χ3v) is 5.55. The second kappa shape index (κ2) is 7.68. The number of benzene rings is 1. The Morgan fingerprint density at radius 3 is 2.35 bits per heavy atom. The van der Waals surface area contributed by atoms with E-state index in [-0.39, 0.29) is 30.1 Å². The van der Waals surface area contributed by atoms with E-state index >= 15 is 0 Å². The maximum Gasteiger partial charge on any atom is 0.270 e. The van der Waals surface area contributed by atoms with Crippen LogP contribution in [0.1, 0.15) is 17.4 Å². The van der Waals surface area contributed by atoms with Gasteiger partial charge in [-0.2, -0.15) is 0 Å². The van der Waals surface area contributed by atoms with Gasteiger partial charge in [0.25, 0.3) is 5.91 Å². The number of fused-ring (bicyclic) bond motifs is 1. The average Bonchev–Trinajstić information content (AvgIpc) is 3.03. The largest absolute Gasteiger partial charge is 0.351 e. The van der Waals surface area contributed by atoms with E-state index in [2.05, 4.69) is 10.3 Å². The van der Waals surface area contributed by atoms with Gasteiger partial charge in [-0.3, -0.25) is 9.59 Å². The third kappa shape index (κ3) is 3.44. The van der Waals surface area contributed by atoms with Gasteiger partial charge in [-0.05, 0) is 31.1 Å². The molecule has 2 saturated heterocycles.